The van der Waals surface area contributed by atoms with Gasteiger partial charge in [-0.2, -0.15) is 0 Å². The Morgan fingerprint density at radius 2 is 2.03 bits per heavy atom. The number of amides is 1. The first-order valence-corrected chi connectivity index (χ1v) is 11.4. The van der Waals surface area contributed by atoms with Crippen LogP contribution in [0, 0.1) is 0 Å². The molecular weight excluding hydrogens is 428 g/mol. The molecule has 1 aromatic carbocycles. The number of esters is 1. The molecule has 1 N–H and O–H groups in total. The van der Waals surface area contributed by atoms with Crippen LogP contribution in [0.2, 0.25) is 0 Å². The number of thioether (sulfide) groups is 1. The SMILES string of the molecule is CCOC(=O)C1=C(C)N=C2SC=C(CC(=O)NCCN(C)C)N2C1c1ccccc1OC. The van der Waals surface area contributed by atoms with Gasteiger partial charge in [-0.1, -0.05) is 30.0 Å². The van der Waals surface area contributed by atoms with Crippen LogP contribution < -0.4 is 10.1 Å². The van der Waals surface area contributed by atoms with E-state index in [0.29, 0.717) is 23.6 Å². The molecule has 1 atom stereocenters. The molecule has 3 rings (SSSR count). The highest BCUT2D eigenvalue weighted by Gasteiger charge is 2.42. The summed E-state index contributed by atoms with van der Waals surface area (Å²) < 4.78 is 11.0. The summed E-state index contributed by atoms with van der Waals surface area (Å²) in [5, 5.41) is 5.60. The van der Waals surface area contributed by atoms with Crippen molar-refractivity contribution in [3.05, 3.63) is 52.2 Å². The minimum absolute atomic E-state index is 0.0808. The molecule has 1 unspecified atom stereocenters. The van der Waals surface area contributed by atoms with Crippen LogP contribution >= 0.6 is 11.8 Å². The summed E-state index contributed by atoms with van der Waals surface area (Å²) in [5.41, 5.74) is 2.64. The molecule has 8 nitrogen and oxygen atoms in total. The largest absolute Gasteiger partial charge is 0.496 e. The number of hydrogen-bond donors (Lipinski definition) is 1. The molecule has 0 radical (unpaired) electrons. The van der Waals surface area contributed by atoms with Crippen LogP contribution in [0.4, 0.5) is 0 Å². The van der Waals surface area contributed by atoms with E-state index in [9.17, 15) is 9.59 Å². The van der Waals surface area contributed by atoms with Crippen LogP contribution in [-0.4, -0.2) is 67.7 Å². The van der Waals surface area contributed by atoms with Crippen LogP contribution in [0.3, 0.4) is 0 Å². The molecule has 0 saturated heterocycles. The number of hydrogen-bond acceptors (Lipinski definition) is 8. The second kappa shape index (κ2) is 10.7. The molecule has 0 aromatic heterocycles. The zero-order valence-electron chi connectivity index (χ0n) is 19.2. The number of fused-ring (bicyclic) bond motifs is 1. The van der Waals surface area contributed by atoms with Crippen LogP contribution in [-0.2, 0) is 14.3 Å². The fourth-order valence-electron chi connectivity index (χ4n) is 3.67. The number of rotatable bonds is 9. The van der Waals surface area contributed by atoms with Gasteiger partial charge in [-0.3, -0.25) is 4.79 Å². The lowest BCUT2D eigenvalue weighted by Gasteiger charge is -2.36. The van der Waals surface area contributed by atoms with E-state index in [1.807, 2.05) is 60.5 Å². The van der Waals surface area contributed by atoms with Gasteiger partial charge in [-0.05, 0) is 39.4 Å². The number of aliphatic imine (C=N–C) groups is 1. The lowest BCUT2D eigenvalue weighted by Crippen LogP contribution is -2.38. The minimum Gasteiger partial charge on any atom is -0.496 e. The number of likely N-dealkylation sites (N-methyl/N-ethyl adjacent to an activating group) is 1. The lowest BCUT2D eigenvalue weighted by molar-refractivity contribution is -0.139. The highest BCUT2D eigenvalue weighted by atomic mass is 32.2. The van der Waals surface area contributed by atoms with Gasteiger partial charge in [-0.25, -0.2) is 9.79 Å². The van der Waals surface area contributed by atoms with Crippen molar-refractivity contribution in [3.8, 4) is 5.75 Å². The Morgan fingerprint density at radius 3 is 2.72 bits per heavy atom. The fourth-order valence-corrected chi connectivity index (χ4v) is 4.64. The molecule has 2 aliphatic heterocycles. The second-order valence-corrected chi connectivity index (χ2v) is 8.52. The van der Waals surface area contributed by atoms with Crippen molar-refractivity contribution < 1.29 is 19.1 Å². The van der Waals surface area contributed by atoms with Crippen molar-refractivity contribution in [1.82, 2.24) is 15.1 Å². The van der Waals surface area contributed by atoms with Gasteiger partial charge in [0.25, 0.3) is 0 Å². The Hall–Kier alpha value is -2.78. The number of nitrogens with zero attached hydrogens (tertiary/aromatic N) is 3. The molecule has 0 spiro atoms. The standard InChI is InChI=1S/C23H30N4O4S/c1-6-31-22(29)20-15(2)25-23-27(21(20)17-9-7-8-10-18(17)30-5)16(14-32-23)13-19(28)24-11-12-26(3)4/h7-10,14,21H,6,11-13H2,1-5H3,(H,24,28). The molecule has 0 saturated carbocycles. The minimum atomic E-state index is -0.506. The van der Waals surface area contributed by atoms with Gasteiger partial charge < -0.3 is 24.6 Å². The summed E-state index contributed by atoms with van der Waals surface area (Å²) >= 11 is 1.45. The predicted octanol–water partition coefficient (Wildman–Crippen LogP) is 2.90. The number of allylic oxidation sites excluding steroid dienone is 1. The predicted molar refractivity (Wildman–Crippen MR) is 126 cm³/mol. The van der Waals surface area contributed by atoms with Crippen molar-refractivity contribution in [2.75, 3.05) is 40.9 Å². The molecule has 2 heterocycles. The van der Waals surface area contributed by atoms with Crippen molar-refractivity contribution >= 4 is 28.8 Å². The van der Waals surface area contributed by atoms with E-state index < -0.39 is 12.0 Å². The maximum atomic E-state index is 13.0. The van der Waals surface area contributed by atoms with Gasteiger partial charge in [-0.15, -0.1) is 0 Å². The molecule has 0 aliphatic carbocycles. The first-order valence-electron chi connectivity index (χ1n) is 10.5. The zero-order chi connectivity index (χ0) is 23.3. The van der Waals surface area contributed by atoms with Gasteiger partial charge in [0, 0.05) is 24.4 Å². The number of benzene rings is 1. The van der Waals surface area contributed by atoms with Crippen LogP contribution in [0.5, 0.6) is 5.75 Å². The van der Waals surface area contributed by atoms with E-state index >= 15 is 0 Å². The third-order valence-corrected chi connectivity index (χ3v) is 6.04. The number of amidine groups is 1. The Balaban J connectivity index is 1.97. The van der Waals surface area contributed by atoms with E-state index in [0.717, 1.165) is 23.0 Å². The number of ether oxygens (including phenoxy) is 2. The van der Waals surface area contributed by atoms with Crippen LogP contribution in [0.15, 0.2) is 51.6 Å². The van der Waals surface area contributed by atoms with E-state index in [-0.39, 0.29) is 18.9 Å². The van der Waals surface area contributed by atoms with Crippen LogP contribution in [0.1, 0.15) is 31.9 Å². The maximum Gasteiger partial charge on any atom is 0.338 e. The van der Waals surface area contributed by atoms with Gasteiger partial charge in [0.15, 0.2) is 5.17 Å². The smallest absolute Gasteiger partial charge is 0.338 e. The van der Waals surface area contributed by atoms with E-state index in [2.05, 4.69) is 10.3 Å². The number of para-hydroxylation sites is 1. The van der Waals surface area contributed by atoms with Crippen molar-refractivity contribution in [3.63, 3.8) is 0 Å². The summed E-state index contributed by atoms with van der Waals surface area (Å²) in [6.07, 6.45) is 0.181. The summed E-state index contributed by atoms with van der Waals surface area (Å²) in [5.74, 6) is 0.151. The number of nitrogens with one attached hydrogen (secondary N) is 1. The Morgan fingerprint density at radius 1 is 1.28 bits per heavy atom. The Bertz CT molecular complexity index is 970. The van der Waals surface area contributed by atoms with Crippen LogP contribution in [0.25, 0.3) is 0 Å². The Kier molecular flexibility index (Phi) is 7.98. The van der Waals surface area contributed by atoms with Gasteiger partial charge >= 0.3 is 5.97 Å². The van der Waals surface area contributed by atoms with Gasteiger partial charge in [0.2, 0.25) is 5.91 Å². The third kappa shape index (κ3) is 5.16. The molecule has 32 heavy (non-hydrogen) atoms. The molecular formula is C23H30N4O4S. The number of methoxy groups -OCH3 is 1. The summed E-state index contributed by atoms with van der Waals surface area (Å²) in [7, 11) is 5.52. The third-order valence-electron chi connectivity index (χ3n) is 5.15. The molecule has 2 aliphatic rings. The molecule has 172 valence electrons. The topological polar surface area (TPSA) is 83.5 Å². The van der Waals surface area contributed by atoms with E-state index in [1.165, 1.54) is 11.8 Å². The molecule has 1 aromatic rings. The highest BCUT2D eigenvalue weighted by Crippen LogP contribution is 2.46. The average Bonchev–Trinajstić information content (AvgIpc) is 3.14. The van der Waals surface area contributed by atoms with E-state index in [1.54, 1.807) is 14.0 Å². The molecule has 0 bridgehead atoms. The van der Waals surface area contributed by atoms with Gasteiger partial charge in [0.05, 0.1) is 37.4 Å². The van der Waals surface area contributed by atoms with E-state index in [4.69, 9.17) is 9.47 Å². The normalized spacial score (nSPS) is 17.7. The molecule has 9 heteroatoms. The zero-order valence-corrected chi connectivity index (χ0v) is 20.0. The monoisotopic (exact) mass is 458 g/mol. The quantitative estimate of drug-likeness (QED) is 0.570. The fraction of sp³-hybridized carbons (Fsp3) is 0.435. The number of carbonyl (C=O) groups is 2. The van der Waals surface area contributed by atoms with Crippen molar-refractivity contribution in [1.29, 1.82) is 0 Å². The first-order chi connectivity index (χ1) is 15.4. The first kappa shape index (κ1) is 23.9. The summed E-state index contributed by atoms with van der Waals surface area (Å²) in [6, 6.07) is 7.07. The van der Waals surface area contributed by atoms with Crippen molar-refractivity contribution in [2.24, 2.45) is 4.99 Å². The van der Waals surface area contributed by atoms with Gasteiger partial charge in [0.1, 0.15) is 5.75 Å². The Labute approximate surface area is 193 Å². The highest BCUT2D eigenvalue weighted by molar-refractivity contribution is 8.16. The maximum absolute atomic E-state index is 13.0. The van der Waals surface area contributed by atoms with Crippen molar-refractivity contribution in [2.45, 2.75) is 26.3 Å². The average molecular weight is 459 g/mol. The lowest BCUT2D eigenvalue weighted by atomic mass is 9.93. The summed E-state index contributed by atoms with van der Waals surface area (Å²) in [6.45, 7) is 5.17. The molecule has 0 fully saturated rings. The number of carbonyl (C=O) groups excluding carboxylic acids is 2. The molecule has 1 amide bonds. The summed E-state index contributed by atoms with van der Waals surface area (Å²) in [4.78, 5) is 34.2. The second-order valence-electron chi connectivity index (χ2n) is 7.69.